The lowest BCUT2D eigenvalue weighted by molar-refractivity contribution is 0.218. The highest BCUT2D eigenvalue weighted by atomic mass is 16.3. The van der Waals surface area contributed by atoms with Crippen LogP contribution in [0.2, 0.25) is 0 Å². The third kappa shape index (κ3) is 4.53. The molecule has 1 amide bonds. The van der Waals surface area contributed by atoms with Gasteiger partial charge in [-0.05, 0) is 57.8 Å². The summed E-state index contributed by atoms with van der Waals surface area (Å²) in [6.45, 7) is 2.08. The zero-order valence-electron chi connectivity index (χ0n) is 20.0. The molecule has 0 atom stereocenters. The molecular weight excluding hydrogens is 412 g/mol. The Morgan fingerprint density at radius 3 is 2.42 bits per heavy atom. The number of hydrogen-bond donors (Lipinski definition) is 2. The molecule has 2 aromatic carbocycles. The molecule has 1 heterocycles. The Bertz CT molecular complexity index is 1160. The monoisotopic (exact) mass is 446 g/mol. The number of nitrogens with zero attached hydrogens (tertiary/aromatic N) is 3. The molecule has 0 spiro atoms. The van der Waals surface area contributed by atoms with Crippen LogP contribution in [-0.4, -0.2) is 59.5 Å². The highest BCUT2D eigenvalue weighted by Crippen LogP contribution is 2.35. The first-order chi connectivity index (χ1) is 15.9. The van der Waals surface area contributed by atoms with Crippen LogP contribution < -0.4 is 5.32 Å². The number of hydrogen-bond acceptors (Lipinski definition) is 4. The summed E-state index contributed by atoms with van der Waals surface area (Å²) in [6.07, 6.45) is 5.08. The quantitative estimate of drug-likeness (QED) is 0.553. The normalized spacial score (nSPS) is 19.2. The predicted molar refractivity (Wildman–Crippen MR) is 135 cm³/mol. The third-order valence-electron chi connectivity index (χ3n) is 6.83. The van der Waals surface area contributed by atoms with Gasteiger partial charge in [-0.3, -0.25) is 4.99 Å². The molecule has 1 fully saturated rings. The Hall–Kier alpha value is -3.12. The van der Waals surface area contributed by atoms with Gasteiger partial charge in [0.15, 0.2) is 0 Å². The first-order valence-corrected chi connectivity index (χ1v) is 11.8. The Labute approximate surface area is 195 Å². The number of aromatic hydroxyl groups is 1. The van der Waals surface area contributed by atoms with Crippen molar-refractivity contribution in [1.29, 1.82) is 0 Å². The second-order valence-corrected chi connectivity index (χ2v) is 9.06. The maximum Gasteiger partial charge on any atom is 0.328 e. The number of aromatic nitrogens is 1. The van der Waals surface area contributed by atoms with Crippen molar-refractivity contribution in [3.05, 3.63) is 65.2 Å². The topological polar surface area (TPSA) is 69.9 Å². The zero-order valence-corrected chi connectivity index (χ0v) is 20.0. The number of amides is 1. The number of carbonyl (C=O) groups is 1. The Morgan fingerprint density at radius 1 is 1.12 bits per heavy atom. The van der Waals surface area contributed by atoms with E-state index in [1.807, 2.05) is 42.5 Å². The summed E-state index contributed by atoms with van der Waals surface area (Å²) in [5, 5.41) is 14.9. The van der Waals surface area contributed by atoms with Gasteiger partial charge in [-0.1, -0.05) is 49.4 Å². The minimum absolute atomic E-state index is 0.0674. The smallest absolute Gasteiger partial charge is 0.328 e. The molecule has 0 unspecified atom stereocenters. The highest BCUT2D eigenvalue weighted by Gasteiger charge is 2.27. The lowest BCUT2D eigenvalue weighted by Gasteiger charge is -2.31. The molecule has 2 N–H and O–H groups in total. The van der Waals surface area contributed by atoms with Gasteiger partial charge < -0.3 is 15.3 Å². The van der Waals surface area contributed by atoms with E-state index in [0.29, 0.717) is 17.1 Å². The first kappa shape index (κ1) is 23.1. The average molecular weight is 447 g/mol. The molecule has 33 heavy (non-hydrogen) atoms. The second-order valence-electron chi connectivity index (χ2n) is 9.06. The molecule has 1 aromatic heterocycles. The van der Waals surface area contributed by atoms with E-state index in [9.17, 15) is 9.90 Å². The van der Waals surface area contributed by atoms with Gasteiger partial charge in [0.1, 0.15) is 0 Å². The molecule has 0 radical (unpaired) electrons. The number of benzene rings is 2. The molecule has 1 aliphatic carbocycles. The molecule has 0 bridgehead atoms. The van der Waals surface area contributed by atoms with Crippen molar-refractivity contribution in [3.63, 3.8) is 0 Å². The highest BCUT2D eigenvalue weighted by molar-refractivity contribution is 6.22. The molecule has 1 saturated carbocycles. The average Bonchev–Trinajstić information content (AvgIpc) is 3.13. The summed E-state index contributed by atoms with van der Waals surface area (Å²) in [4.78, 5) is 20.3. The maximum atomic E-state index is 12.8. The summed E-state index contributed by atoms with van der Waals surface area (Å²) >= 11 is 0. The van der Waals surface area contributed by atoms with Crippen LogP contribution >= 0.6 is 0 Å². The van der Waals surface area contributed by atoms with Gasteiger partial charge in [-0.2, -0.15) is 0 Å². The van der Waals surface area contributed by atoms with Gasteiger partial charge in [-0.25, -0.2) is 9.36 Å². The minimum atomic E-state index is -0.365. The van der Waals surface area contributed by atoms with Gasteiger partial charge in [0.2, 0.25) is 5.88 Å². The van der Waals surface area contributed by atoms with Gasteiger partial charge in [-0.15, -0.1) is 0 Å². The van der Waals surface area contributed by atoms with Crippen LogP contribution in [0.5, 0.6) is 5.88 Å². The molecular formula is C27H34N4O2. The Kier molecular flexibility index (Phi) is 6.84. The van der Waals surface area contributed by atoms with E-state index >= 15 is 0 Å². The summed E-state index contributed by atoms with van der Waals surface area (Å²) in [5.74, 6) is -0.0674. The van der Waals surface area contributed by atoms with E-state index in [0.717, 1.165) is 54.3 Å². The first-order valence-electron chi connectivity index (χ1n) is 11.8. The van der Waals surface area contributed by atoms with E-state index in [-0.39, 0.29) is 18.0 Å². The number of fused-ring (bicyclic) bond motifs is 1. The van der Waals surface area contributed by atoms with Crippen LogP contribution in [0.1, 0.15) is 49.3 Å². The van der Waals surface area contributed by atoms with E-state index in [1.54, 1.807) is 7.05 Å². The van der Waals surface area contributed by atoms with Crippen LogP contribution in [0.3, 0.4) is 0 Å². The van der Waals surface area contributed by atoms with Crippen LogP contribution in [0, 0.1) is 0 Å². The molecule has 4 rings (SSSR count). The fourth-order valence-electron chi connectivity index (χ4n) is 4.86. The molecule has 6 nitrogen and oxygen atoms in total. The molecule has 6 heteroatoms. The fourth-order valence-corrected chi connectivity index (χ4v) is 4.86. The number of aliphatic imine (C=N–C) groups is 1. The van der Waals surface area contributed by atoms with Gasteiger partial charge in [0, 0.05) is 24.0 Å². The molecule has 0 saturated heterocycles. The Morgan fingerprint density at radius 2 is 1.82 bits per heavy atom. The van der Waals surface area contributed by atoms with Crippen molar-refractivity contribution in [2.24, 2.45) is 4.99 Å². The maximum absolute atomic E-state index is 12.8. The van der Waals surface area contributed by atoms with Crippen LogP contribution in [-0.2, 0) is 6.42 Å². The molecule has 1 aliphatic rings. The van der Waals surface area contributed by atoms with Crippen molar-refractivity contribution in [3.8, 4) is 5.88 Å². The van der Waals surface area contributed by atoms with Gasteiger partial charge >= 0.3 is 6.03 Å². The second kappa shape index (κ2) is 9.79. The third-order valence-corrected chi connectivity index (χ3v) is 6.83. The van der Waals surface area contributed by atoms with Crippen molar-refractivity contribution in [1.82, 2.24) is 14.8 Å². The SMILES string of the molecule is CCc1ccc2c(C(=NC3CCC(N(C)C)CC3)c3ccccc3)c(O)n(C(=O)NC)c2c1. The predicted octanol–water partition coefficient (Wildman–Crippen LogP) is 4.81. The van der Waals surface area contributed by atoms with E-state index in [2.05, 4.69) is 37.3 Å². The summed E-state index contributed by atoms with van der Waals surface area (Å²) in [5.41, 5.74) is 4.12. The minimum Gasteiger partial charge on any atom is -0.494 e. The van der Waals surface area contributed by atoms with Crippen molar-refractivity contribution in [2.75, 3.05) is 21.1 Å². The number of aryl methyl sites for hydroxylation is 1. The summed E-state index contributed by atoms with van der Waals surface area (Å²) in [6, 6.07) is 16.4. The number of rotatable bonds is 5. The van der Waals surface area contributed by atoms with Crippen molar-refractivity contribution >= 4 is 22.6 Å². The summed E-state index contributed by atoms with van der Waals surface area (Å²) < 4.78 is 1.37. The zero-order chi connectivity index (χ0) is 23.5. The van der Waals surface area contributed by atoms with E-state index < -0.39 is 0 Å². The van der Waals surface area contributed by atoms with E-state index in [4.69, 9.17) is 4.99 Å². The molecule has 3 aromatic rings. The van der Waals surface area contributed by atoms with Gasteiger partial charge in [0.05, 0.1) is 22.8 Å². The summed E-state index contributed by atoms with van der Waals surface area (Å²) in [7, 11) is 5.85. The number of nitrogens with one attached hydrogen (secondary N) is 1. The van der Waals surface area contributed by atoms with E-state index in [1.165, 1.54) is 4.57 Å². The molecule has 174 valence electrons. The van der Waals surface area contributed by atoms with Crippen LogP contribution in [0.25, 0.3) is 10.9 Å². The van der Waals surface area contributed by atoms with Crippen molar-refractivity contribution in [2.45, 2.75) is 51.1 Å². The van der Waals surface area contributed by atoms with Gasteiger partial charge in [0.25, 0.3) is 0 Å². The van der Waals surface area contributed by atoms with Crippen LogP contribution in [0.15, 0.2) is 53.5 Å². The Balaban J connectivity index is 1.89. The largest absolute Gasteiger partial charge is 0.494 e. The van der Waals surface area contributed by atoms with Crippen LogP contribution in [0.4, 0.5) is 4.79 Å². The fraction of sp³-hybridized carbons (Fsp3) is 0.407. The van der Waals surface area contributed by atoms with Crippen molar-refractivity contribution < 1.29 is 9.90 Å². The number of carbonyl (C=O) groups excluding carboxylic acids is 1. The molecule has 0 aliphatic heterocycles. The lowest BCUT2D eigenvalue weighted by atomic mass is 9.90. The lowest BCUT2D eigenvalue weighted by Crippen LogP contribution is -2.33. The standard InChI is InChI=1S/C27H34N4O2/c1-5-18-11-16-22-23(17-18)31(27(33)28-2)26(32)24(22)25(19-9-7-6-8-10-19)29-20-12-14-21(15-13-20)30(3)4/h6-11,16-17,20-21,32H,5,12-15H2,1-4H3,(H,28,33).